The van der Waals surface area contributed by atoms with Crippen molar-refractivity contribution < 1.29 is 9.59 Å². The lowest BCUT2D eigenvalue weighted by Crippen LogP contribution is -2.26. The topological polar surface area (TPSA) is 73.2 Å². The van der Waals surface area contributed by atoms with Crippen LogP contribution in [0.1, 0.15) is 31.8 Å². The number of hydrogen-bond donors (Lipinski definition) is 1. The highest BCUT2D eigenvalue weighted by Crippen LogP contribution is 2.11. The summed E-state index contributed by atoms with van der Waals surface area (Å²) in [6.45, 7) is 0.437. The van der Waals surface area contributed by atoms with E-state index < -0.39 is 0 Å². The van der Waals surface area contributed by atoms with Crippen molar-refractivity contribution >= 4 is 11.8 Å². The van der Waals surface area contributed by atoms with Crippen LogP contribution in [0.5, 0.6) is 0 Å². The molecule has 2 rings (SSSR count). The fourth-order valence-electron chi connectivity index (χ4n) is 2.16. The van der Waals surface area contributed by atoms with E-state index in [0.29, 0.717) is 23.2 Å². The van der Waals surface area contributed by atoms with Crippen LogP contribution in [0, 0.1) is 11.3 Å². The van der Waals surface area contributed by atoms with Crippen LogP contribution in [0.15, 0.2) is 48.5 Å². The molecule has 0 heterocycles. The minimum atomic E-state index is -0.140. The average Bonchev–Trinajstić information content (AvgIpc) is 2.61. The minimum absolute atomic E-state index is 0.120. The second kappa shape index (κ2) is 7.23. The fraction of sp³-hybridized carbons (Fsp3) is 0.167. The van der Waals surface area contributed by atoms with Crippen LogP contribution in [0.4, 0.5) is 0 Å². The molecule has 0 bridgehead atoms. The molecule has 1 N–H and O–H groups in total. The lowest BCUT2D eigenvalue weighted by Gasteiger charge is -2.17. The number of nitrogens with zero attached hydrogens (tertiary/aromatic N) is 2. The first-order valence-corrected chi connectivity index (χ1v) is 7.12. The van der Waals surface area contributed by atoms with Crippen molar-refractivity contribution in [2.75, 3.05) is 14.1 Å². The molecule has 0 aromatic heterocycles. The summed E-state index contributed by atoms with van der Waals surface area (Å²) < 4.78 is 0. The predicted octanol–water partition coefficient (Wildman–Crippen LogP) is 2.19. The van der Waals surface area contributed by atoms with Gasteiger partial charge in [0.25, 0.3) is 11.8 Å². The van der Waals surface area contributed by atoms with Gasteiger partial charge in [-0.05, 0) is 42.0 Å². The van der Waals surface area contributed by atoms with Gasteiger partial charge in [-0.3, -0.25) is 9.59 Å². The smallest absolute Gasteiger partial charge is 0.253 e. The number of benzene rings is 2. The summed E-state index contributed by atoms with van der Waals surface area (Å²) in [4.78, 5) is 25.4. The van der Waals surface area contributed by atoms with Crippen LogP contribution in [-0.4, -0.2) is 30.8 Å². The minimum Gasteiger partial charge on any atom is -0.355 e. The number of nitriles is 1. The molecule has 0 atom stereocenters. The first kappa shape index (κ1) is 16.2. The lowest BCUT2D eigenvalue weighted by atomic mass is 10.1. The number of carbonyl (C=O) groups excluding carboxylic acids is 2. The van der Waals surface area contributed by atoms with Gasteiger partial charge in [0.2, 0.25) is 0 Å². The third kappa shape index (κ3) is 3.95. The quantitative estimate of drug-likeness (QED) is 0.941. The molecular weight excluding hydrogens is 290 g/mol. The molecule has 0 saturated heterocycles. The number of carbonyl (C=O) groups is 2. The van der Waals surface area contributed by atoms with Crippen LogP contribution in [0.3, 0.4) is 0 Å². The zero-order valence-electron chi connectivity index (χ0n) is 13.0. The standard InChI is InChI=1S/C18H17N3O2/c1-20-17(22)15-7-5-14(6-8-15)12-21(2)18(23)16-9-3-13(11-19)4-10-16/h3-10H,12H2,1-2H3,(H,20,22). The van der Waals surface area contributed by atoms with Crippen molar-refractivity contribution in [1.82, 2.24) is 10.2 Å². The molecule has 0 fully saturated rings. The van der Waals surface area contributed by atoms with E-state index in [4.69, 9.17) is 5.26 Å². The SMILES string of the molecule is CNC(=O)c1ccc(CN(C)C(=O)c2ccc(C#N)cc2)cc1. The molecule has 116 valence electrons. The maximum absolute atomic E-state index is 12.3. The van der Waals surface area contributed by atoms with E-state index in [2.05, 4.69) is 5.32 Å². The highest BCUT2D eigenvalue weighted by Gasteiger charge is 2.12. The molecule has 5 nitrogen and oxygen atoms in total. The molecule has 0 unspecified atom stereocenters. The molecular formula is C18H17N3O2. The van der Waals surface area contributed by atoms with Crippen LogP contribution >= 0.6 is 0 Å². The summed E-state index contributed by atoms with van der Waals surface area (Å²) in [6, 6.07) is 15.7. The lowest BCUT2D eigenvalue weighted by molar-refractivity contribution is 0.0784. The Balaban J connectivity index is 2.05. The Kier molecular flexibility index (Phi) is 5.11. The van der Waals surface area contributed by atoms with Gasteiger partial charge in [0.05, 0.1) is 11.6 Å². The van der Waals surface area contributed by atoms with Gasteiger partial charge in [0, 0.05) is 31.8 Å². The van der Waals surface area contributed by atoms with Crippen molar-refractivity contribution in [3.05, 3.63) is 70.8 Å². The maximum atomic E-state index is 12.3. The van der Waals surface area contributed by atoms with E-state index in [0.717, 1.165) is 5.56 Å². The fourth-order valence-corrected chi connectivity index (χ4v) is 2.16. The summed E-state index contributed by atoms with van der Waals surface area (Å²) in [6.07, 6.45) is 0. The van der Waals surface area contributed by atoms with Gasteiger partial charge in [-0.15, -0.1) is 0 Å². The molecule has 0 aliphatic carbocycles. The van der Waals surface area contributed by atoms with Gasteiger partial charge in [0.1, 0.15) is 0 Å². The van der Waals surface area contributed by atoms with Gasteiger partial charge in [-0.2, -0.15) is 5.26 Å². The second-order valence-corrected chi connectivity index (χ2v) is 5.13. The molecule has 0 saturated carbocycles. The molecule has 0 aliphatic heterocycles. The molecule has 0 aliphatic rings. The highest BCUT2D eigenvalue weighted by molar-refractivity contribution is 5.94. The van der Waals surface area contributed by atoms with Gasteiger partial charge in [-0.25, -0.2) is 0 Å². The molecule has 2 aromatic carbocycles. The molecule has 0 spiro atoms. The van der Waals surface area contributed by atoms with Crippen LogP contribution in [0.25, 0.3) is 0 Å². The van der Waals surface area contributed by atoms with Gasteiger partial charge < -0.3 is 10.2 Å². The zero-order valence-corrected chi connectivity index (χ0v) is 13.0. The summed E-state index contributed by atoms with van der Waals surface area (Å²) in [7, 11) is 3.30. The van der Waals surface area contributed by atoms with Crippen molar-refractivity contribution in [3.8, 4) is 6.07 Å². The van der Waals surface area contributed by atoms with E-state index in [1.54, 1.807) is 55.4 Å². The second-order valence-electron chi connectivity index (χ2n) is 5.13. The third-order valence-electron chi connectivity index (χ3n) is 3.47. The van der Waals surface area contributed by atoms with E-state index >= 15 is 0 Å². The Labute approximate surface area is 135 Å². The van der Waals surface area contributed by atoms with E-state index in [1.807, 2.05) is 18.2 Å². The monoisotopic (exact) mass is 307 g/mol. The molecule has 23 heavy (non-hydrogen) atoms. The Bertz CT molecular complexity index is 743. The Hall–Kier alpha value is -3.13. The van der Waals surface area contributed by atoms with E-state index in [-0.39, 0.29) is 11.8 Å². The van der Waals surface area contributed by atoms with Gasteiger partial charge in [0.15, 0.2) is 0 Å². The summed E-state index contributed by atoms with van der Waals surface area (Å²) in [5.74, 6) is -0.261. The highest BCUT2D eigenvalue weighted by atomic mass is 16.2. The molecule has 5 heteroatoms. The van der Waals surface area contributed by atoms with Crippen LogP contribution in [0.2, 0.25) is 0 Å². The zero-order chi connectivity index (χ0) is 16.8. The molecule has 2 aromatic rings. The summed E-state index contributed by atoms with van der Waals surface area (Å²) in [5, 5.41) is 11.3. The van der Waals surface area contributed by atoms with Gasteiger partial charge in [-0.1, -0.05) is 12.1 Å². The average molecular weight is 307 g/mol. The Morgan fingerprint density at radius 2 is 1.61 bits per heavy atom. The first-order valence-electron chi connectivity index (χ1n) is 7.12. The number of amides is 2. The number of nitrogens with one attached hydrogen (secondary N) is 1. The van der Waals surface area contributed by atoms with Crippen molar-refractivity contribution in [1.29, 1.82) is 5.26 Å². The van der Waals surface area contributed by atoms with Gasteiger partial charge >= 0.3 is 0 Å². The summed E-state index contributed by atoms with van der Waals surface area (Å²) >= 11 is 0. The Morgan fingerprint density at radius 1 is 1.04 bits per heavy atom. The predicted molar refractivity (Wildman–Crippen MR) is 86.8 cm³/mol. The van der Waals surface area contributed by atoms with E-state index in [1.165, 1.54) is 0 Å². The molecule has 2 amide bonds. The first-order chi connectivity index (χ1) is 11.0. The third-order valence-corrected chi connectivity index (χ3v) is 3.47. The normalized spacial score (nSPS) is 9.78. The van der Waals surface area contributed by atoms with Crippen LogP contribution < -0.4 is 5.32 Å². The number of rotatable bonds is 4. The van der Waals surface area contributed by atoms with Crippen molar-refractivity contribution in [3.63, 3.8) is 0 Å². The largest absolute Gasteiger partial charge is 0.355 e. The molecule has 0 radical (unpaired) electrons. The Morgan fingerprint density at radius 3 is 2.13 bits per heavy atom. The number of hydrogen-bond acceptors (Lipinski definition) is 3. The maximum Gasteiger partial charge on any atom is 0.253 e. The summed E-state index contributed by atoms with van der Waals surface area (Å²) in [5.41, 5.74) is 2.57. The van der Waals surface area contributed by atoms with Crippen molar-refractivity contribution in [2.24, 2.45) is 0 Å². The van der Waals surface area contributed by atoms with Crippen LogP contribution in [-0.2, 0) is 6.54 Å². The van der Waals surface area contributed by atoms with E-state index in [9.17, 15) is 9.59 Å². The van der Waals surface area contributed by atoms with Crippen molar-refractivity contribution in [2.45, 2.75) is 6.54 Å².